The van der Waals surface area contributed by atoms with E-state index in [1.165, 1.54) is 7.11 Å². The van der Waals surface area contributed by atoms with E-state index in [2.05, 4.69) is 44.2 Å². The maximum absolute atomic E-state index is 11.7. The predicted molar refractivity (Wildman–Crippen MR) is 115 cm³/mol. The molecule has 0 aliphatic carbocycles. The smallest absolute Gasteiger partial charge is 0.307 e. The number of aromatic nitrogens is 2. The van der Waals surface area contributed by atoms with Gasteiger partial charge in [0.25, 0.3) is 0 Å². The monoisotopic (exact) mass is 406 g/mol. The number of para-hydroxylation sites is 1. The zero-order valence-corrected chi connectivity index (χ0v) is 16.9. The van der Waals surface area contributed by atoms with Crippen molar-refractivity contribution in [1.82, 2.24) is 19.8 Å². The van der Waals surface area contributed by atoms with E-state index in [4.69, 9.17) is 17.0 Å². The number of carbonyl (C=O) groups is 1. The van der Waals surface area contributed by atoms with Crippen LogP contribution in [-0.4, -0.2) is 39.2 Å². The number of methoxy groups -OCH3 is 1. The normalized spacial score (nSPS) is 18.5. The number of rotatable bonds is 6. The van der Waals surface area contributed by atoms with Gasteiger partial charge in [0.1, 0.15) is 0 Å². The molecule has 1 aromatic carbocycles. The molecule has 2 atom stereocenters. The minimum absolute atomic E-state index is 0.0768. The zero-order valence-electron chi connectivity index (χ0n) is 16.1. The third kappa shape index (κ3) is 4.00. The number of nitrogens with zero attached hydrogens (tertiary/aromatic N) is 3. The molecule has 3 aromatic rings. The van der Waals surface area contributed by atoms with Crippen molar-refractivity contribution in [3.63, 3.8) is 0 Å². The Balaban J connectivity index is 1.68. The van der Waals surface area contributed by atoms with Crippen LogP contribution in [0.15, 0.2) is 73.2 Å². The third-order valence-corrected chi connectivity index (χ3v) is 5.45. The molecular weight excluding hydrogens is 384 g/mol. The highest BCUT2D eigenvalue weighted by atomic mass is 32.1. The first-order valence-corrected chi connectivity index (χ1v) is 9.86. The van der Waals surface area contributed by atoms with E-state index in [9.17, 15) is 4.79 Å². The maximum atomic E-state index is 11.7. The second kappa shape index (κ2) is 8.45. The van der Waals surface area contributed by atoms with Gasteiger partial charge in [-0.1, -0.05) is 24.3 Å². The van der Waals surface area contributed by atoms with Crippen LogP contribution in [0.3, 0.4) is 0 Å². The molecule has 3 heterocycles. The first-order chi connectivity index (χ1) is 14.2. The molecule has 1 aliphatic rings. The molecule has 1 saturated heterocycles. The van der Waals surface area contributed by atoms with E-state index in [1.807, 2.05) is 42.6 Å². The summed E-state index contributed by atoms with van der Waals surface area (Å²) in [6.45, 7) is 0.475. The van der Waals surface area contributed by atoms with Crippen LogP contribution in [0.5, 0.6) is 0 Å². The van der Waals surface area contributed by atoms with Crippen molar-refractivity contribution in [2.24, 2.45) is 0 Å². The molecule has 7 heteroatoms. The molecule has 0 saturated carbocycles. The lowest BCUT2D eigenvalue weighted by Gasteiger charge is -2.26. The second-order valence-electron chi connectivity index (χ2n) is 6.83. The van der Waals surface area contributed by atoms with E-state index in [-0.39, 0.29) is 24.5 Å². The maximum Gasteiger partial charge on any atom is 0.307 e. The van der Waals surface area contributed by atoms with Crippen LogP contribution < -0.4 is 5.32 Å². The number of pyridine rings is 1. The van der Waals surface area contributed by atoms with Gasteiger partial charge in [0.2, 0.25) is 0 Å². The van der Waals surface area contributed by atoms with Crippen molar-refractivity contribution in [1.29, 1.82) is 0 Å². The summed E-state index contributed by atoms with van der Waals surface area (Å²) in [5.41, 5.74) is 3.09. The zero-order chi connectivity index (χ0) is 20.2. The SMILES string of the molecule is COC(=O)CCN1C(=S)N[C@@H](c2ccccn2)[C@@H]1c1ccn(-c2ccccc2)c1. The Morgan fingerprint density at radius 1 is 1.17 bits per heavy atom. The highest BCUT2D eigenvalue weighted by Crippen LogP contribution is 2.38. The van der Waals surface area contributed by atoms with Crippen LogP contribution in [-0.2, 0) is 9.53 Å². The average molecular weight is 407 g/mol. The van der Waals surface area contributed by atoms with Crippen LogP contribution in [0.1, 0.15) is 29.8 Å². The lowest BCUT2D eigenvalue weighted by atomic mass is 9.99. The quantitative estimate of drug-likeness (QED) is 0.500. The molecule has 0 bridgehead atoms. The number of hydrogen-bond donors (Lipinski definition) is 1. The fourth-order valence-corrected chi connectivity index (χ4v) is 4.00. The number of nitrogens with one attached hydrogen (secondary N) is 1. The summed E-state index contributed by atoms with van der Waals surface area (Å²) in [5.74, 6) is -0.255. The van der Waals surface area contributed by atoms with Crippen molar-refractivity contribution in [3.05, 3.63) is 84.4 Å². The van der Waals surface area contributed by atoms with Gasteiger partial charge in [0.15, 0.2) is 5.11 Å². The molecule has 29 heavy (non-hydrogen) atoms. The topological polar surface area (TPSA) is 59.4 Å². The Morgan fingerprint density at radius 3 is 2.69 bits per heavy atom. The van der Waals surface area contributed by atoms with Gasteiger partial charge in [-0.25, -0.2) is 0 Å². The summed E-state index contributed by atoms with van der Waals surface area (Å²) in [5, 5.41) is 4.01. The van der Waals surface area contributed by atoms with E-state index in [0.29, 0.717) is 11.7 Å². The molecule has 6 nitrogen and oxygen atoms in total. The highest BCUT2D eigenvalue weighted by molar-refractivity contribution is 7.80. The molecule has 2 aromatic heterocycles. The number of benzene rings is 1. The molecule has 1 fully saturated rings. The first-order valence-electron chi connectivity index (χ1n) is 9.45. The van der Waals surface area contributed by atoms with Gasteiger partial charge in [-0.05, 0) is 48.1 Å². The standard InChI is InChI=1S/C22H22N4O2S/c1-28-19(27)11-14-26-21(20(24-22(26)29)18-9-5-6-12-23-18)16-10-13-25(15-16)17-7-3-2-4-8-17/h2-10,12-13,15,20-21H,11,14H2,1H3,(H,24,29)/t20-,21-/m0/s1. The van der Waals surface area contributed by atoms with Gasteiger partial charge >= 0.3 is 5.97 Å². The molecule has 0 spiro atoms. The Bertz CT molecular complexity index is 990. The van der Waals surface area contributed by atoms with Gasteiger partial charge in [0, 0.05) is 30.8 Å². The summed E-state index contributed by atoms with van der Waals surface area (Å²) in [6.07, 6.45) is 6.20. The number of thiocarbonyl (C=S) groups is 1. The number of ether oxygens (including phenoxy) is 1. The summed E-state index contributed by atoms with van der Waals surface area (Å²) >= 11 is 5.61. The van der Waals surface area contributed by atoms with Crippen molar-refractivity contribution in [2.75, 3.05) is 13.7 Å². The van der Waals surface area contributed by atoms with Crippen LogP contribution in [0, 0.1) is 0 Å². The van der Waals surface area contributed by atoms with E-state index < -0.39 is 0 Å². The third-order valence-electron chi connectivity index (χ3n) is 5.09. The molecule has 4 rings (SSSR count). The lowest BCUT2D eigenvalue weighted by molar-refractivity contribution is -0.140. The molecular formula is C22H22N4O2S. The van der Waals surface area contributed by atoms with Crippen LogP contribution in [0.25, 0.3) is 5.69 Å². The molecule has 0 radical (unpaired) electrons. The Morgan fingerprint density at radius 2 is 1.97 bits per heavy atom. The summed E-state index contributed by atoms with van der Waals surface area (Å²) in [4.78, 5) is 18.3. The molecule has 0 amide bonds. The predicted octanol–water partition coefficient (Wildman–Crippen LogP) is 3.41. The van der Waals surface area contributed by atoms with Crippen molar-refractivity contribution >= 4 is 23.3 Å². The van der Waals surface area contributed by atoms with E-state index >= 15 is 0 Å². The largest absolute Gasteiger partial charge is 0.469 e. The van der Waals surface area contributed by atoms with Gasteiger partial charge in [-0.3, -0.25) is 9.78 Å². The summed E-state index contributed by atoms with van der Waals surface area (Å²) in [7, 11) is 1.40. The van der Waals surface area contributed by atoms with Crippen LogP contribution in [0.2, 0.25) is 0 Å². The average Bonchev–Trinajstić information content (AvgIpc) is 3.38. The molecule has 1 aliphatic heterocycles. The van der Waals surface area contributed by atoms with Crippen molar-refractivity contribution in [3.8, 4) is 5.69 Å². The first kappa shape index (κ1) is 19.1. The second-order valence-corrected chi connectivity index (χ2v) is 7.22. The van der Waals surface area contributed by atoms with Gasteiger partial charge < -0.3 is 19.5 Å². The number of esters is 1. The van der Waals surface area contributed by atoms with Crippen molar-refractivity contribution < 1.29 is 9.53 Å². The van der Waals surface area contributed by atoms with Crippen LogP contribution in [0.4, 0.5) is 0 Å². The van der Waals surface area contributed by atoms with E-state index in [0.717, 1.165) is 16.9 Å². The minimum atomic E-state index is -0.255. The van der Waals surface area contributed by atoms with E-state index in [1.54, 1.807) is 6.20 Å². The van der Waals surface area contributed by atoms with Gasteiger partial charge in [-0.2, -0.15) is 0 Å². The fraction of sp³-hybridized carbons (Fsp3) is 0.227. The fourth-order valence-electron chi connectivity index (χ4n) is 3.67. The number of hydrogen-bond acceptors (Lipinski definition) is 4. The molecule has 0 unspecified atom stereocenters. The Hall–Kier alpha value is -3.19. The molecule has 1 N–H and O–H groups in total. The van der Waals surface area contributed by atoms with Gasteiger partial charge in [-0.15, -0.1) is 0 Å². The van der Waals surface area contributed by atoms with Crippen molar-refractivity contribution in [2.45, 2.75) is 18.5 Å². The Kier molecular flexibility index (Phi) is 5.57. The molecule has 148 valence electrons. The lowest BCUT2D eigenvalue weighted by Crippen LogP contribution is -2.31. The highest BCUT2D eigenvalue weighted by Gasteiger charge is 2.40. The summed E-state index contributed by atoms with van der Waals surface area (Å²) in [6, 6.07) is 17.9. The Labute approximate surface area is 175 Å². The minimum Gasteiger partial charge on any atom is -0.469 e. The summed E-state index contributed by atoms with van der Waals surface area (Å²) < 4.78 is 6.90. The van der Waals surface area contributed by atoms with Gasteiger partial charge in [0.05, 0.1) is 31.3 Å². The van der Waals surface area contributed by atoms with Crippen LogP contribution >= 0.6 is 12.2 Å². The number of carbonyl (C=O) groups excluding carboxylic acids is 1.